The molecule has 0 saturated carbocycles. The molecule has 2 heterocycles. The molecule has 0 bridgehead atoms. The molecule has 1 aliphatic rings. The second-order valence-corrected chi connectivity index (χ2v) is 4.57. The highest BCUT2D eigenvalue weighted by molar-refractivity contribution is 14.1. The van der Waals surface area contributed by atoms with E-state index in [1.54, 1.807) is 12.3 Å². The molecule has 1 aliphatic heterocycles. The fraction of sp³-hybridized carbons (Fsp3) is 0.400. The summed E-state index contributed by atoms with van der Waals surface area (Å²) in [6.45, 7) is 1.81. The van der Waals surface area contributed by atoms with Crippen LogP contribution in [0.3, 0.4) is 0 Å². The summed E-state index contributed by atoms with van der Waals surface area (Å²) >= 11 is 1.96. The normalized spacial score (nSPS) is 19.4. The van der Waals surface area contributed by atoms with Crippen LogP contribution in [0.5, 0.6) is 0 Å². The Balaban J connectivity index is 1.94. The van der Waals surface area contributed by atoms with Gasteiger partial charge in [0.2, 0.25) is 0 Å². The number of rotatable bonds is 2. The van der Waals surface area contributed by atoms with Gasteiger partial charge in [-0.3, -0.25) is 0 Å². The van der Waals surface area contributed by atoms with Crippen molar-refractivity contribution in [3.8, 4) is 0 Å². The quantitative estimate of drug-likeness (QED) is 0.634. The number of hydrogen-bond donors (Lipinski definition) is 2. The van der Waals surface area contributed by atoms with E-state index >= 15 is 0 Å². The lowest BCUT2D eigenvalue weighted by Gasteiger charge is -2.17. The number of nitrogens with one attached hydrogen (secondary N) is 2. The number of hydrogen-bond acceptors (Lipinski definition) is 3. The molecule has 2 N–H and O–H groups in total. The molecular weight excluding hydrogens is 319 g/mol. The van der Waals surface area contributed by atoms with Gasteiger partial charge in [-0.2, -0.15) is 0 Å². The van der Waals surface area contributed by atoms with Crippen LogP contribution in [-0.2, 0) is 0 Å². The maximum absolute atomic E-state index is 11.8. The van der Waals surface area contributed by atoms with Gasteiger partial charge < -0.3 is 10.6 Å². The second kappa shape index (κ2) is 5.44. The standard InChI is InChI=1S/C10H13IN4O/c11-15(9-3-1-2-5-13-9)10(16)14-8-4-6-12-7-8/h1-3,5,8,12H,4,6-7H2,(H,14,16). The Kier molecular flexibility index (Phi) is 3.94. The summed E-state index contributed by atoms with van der Waals surface area (Å²) in [5.74, 6) is 0.645. The SMILES string of the molecule is O=C(NC1CCNC1)N(I)c1ccccn1. The zero-order valence-electron chi connectivity index (χ0n) is 8.69. The van der Waals surface area contributed by atoms with E-state index in [4.69, 9.17) is 0 Å². The van der Waals surface area contributed by atoms with E-state index in [-0.39, 0.29) is 12.1 Å². The first-order chi connectivity index (χ1) is 7.77. The molecule has 1 aromatic rings. The van der Waals surface area contributed by atoms with Crippen LogP contribution in [-0.4, -0.2) is 30.1 Å². The fourth-order valence-corrected chi connectivity index (χ4v) is 2.01. The summed E-state index contributed by atoms with van der Waals surface area (Å²) < 4.78 is 1.50. The van der Waals surface area contributed by atoms with E-state index in [2.05, 4.69) is 15.6 Å². The monoisotopic (exact) mass is 332 g/mol. The molecule has 1 unspecified atom stereocenters. The van der Waals surface area contributed by atoms with Crippen LogP contribution in [0.2, 0.25) is 0 Å². The van der Waals surface area contributed by atoms with Crippen molar-refractivity contribution >= 4 is 34.7 Å². The van der Waals surface area contributed by atoms with E-state index in [1.807, 2.05) is 35.0 Å². The maximum Gasteiger partial charge on any atom is 0.332 e. The highest BCUT2D eigenvalue weighted by Crippen LogP contribution is 2.14. The number of amides is 2. The van der Waals surface area contributed by atoms with Crippen molar-refractivity contribution in [3.63, 3.8) is 0 Å². The predicted octanol–water partition coefficient (Wildman–Crippen LogP) is 1.31. The fourth-order valence-electron chi connectivity index (χ4n) is 1.58. The Morgan fingerprint density at radius 3 is 3.12 bits per heavy atom. The van der Waals surface area contributed by atoms with E-state index < -0.39 is 0 Å². The first kappa shape index (κ1) is 11.6. The van der Waals surface area contributed by atoms with Crippen molar-refractivity contribution in [3.05, 3.63) is 24.4 Å². The van der Waals surface area contributed by atoms with Crippen molar-refractivity contribution in [2.45, 2.75) is 12.5 Å². The minimum atomic E-state index is -0.118. The lowest BCUT2D eigenvalue weighted by Crippen LogP contribution is -2.41. The highest BCUT2D eigenvalue weighted by Gasteiger charge is 2.20. The number of urea groups is 1. The number of pyridine rings is 1. The molecule has 2 rings (SSSR count). The summed E-state index contributed by atoms with van der Waals surface area (Å²) in [5.41, 5.74) is 0. The van der Waals surface area contributed by atoms with Crippen molar-refractivity contribution < 1.29 is 4.79 Å². The van der Waals surface area contributed by atoms with Gasteiger partial charge in [-0.25, -0.2) is 12.9 Å². The highest BCUT2D eigenvalue weighted by atomic mass is 127. The van der Waals surface area contributed by atoms with Crippen LogP contribution >= 0.6 is 22.9 Å². The Morgan fingerprint density at radius 1 is 1.62 bits per heavy atom. The summed E-state index contributed by atoms with van der Waals surface area (Å²) in [6.07, 6.45) is 2.66. The van der Waals surface area contributed by atoms with Crippen molar-refractivity contribution in [2.75, 3.05) is 16.2 Å². The summed E-state index contributed by atoms with van der Waals surface area (Å²) in [5, 5.41) is 6.16. The van der Waals surface area contributed by atoms with Gasteiger partial charge in [0.25, 0.3) is 0 Å². The third-order valence-electron chi connectivity index (χ3n) is 2.42. The van der Waals surface area contributed by atoms with Gasteiger partial charge in [0.05, 0.1) is 22.9 Å². The Bertz CT molecular complexity index is 353. The molecular formula is C10H13IN4O. The Labute approximate surface area is 108 Å². The molecule has 6 heteroatoms. The predicted molar refractivity (Wildman–Crippen MR) is 70.5 cm³/mol. The smallest absolute Gasteiger partial charge is 0.332 e. The number of halogens is 1. The summed E-state index contributed by atoms with van der Waals surface area (Å²) in [6, 6.07) is 5.60. The Morgan fingerprint density at radius 2 is 2.50 bits per heavy atom. The molecule has 2 amide bonds. The minimum Gasteiger partial charge on any atom is -0.333 e. The molecule has 0 radical (unpaired) electrons. The van der Waals surface area contributed by atoms with Crippen LogP contribution in [0.1, 0.15) is 6.42 Å². The number of nitrogens with zero attached hydrogens (tertiary/aromatic N) is 2. The summed E-state index contributed by atoms with van der Waals surface area (Å²) in [4.78, 5) is 16.0. The maximum atomic E-state index is 11.8. The van der Waals surface area contributed by atoms with Gasteiger partial charge in [0, 0.05) is 18.8 Å². The first-order valence-corrected chi connectivity index (χ1v) is 6.12. The lowest BCUT2D eigenvalue weighted by atomic mass is 10.3. The third kappa shape index (κ3) is 2.82. The van der Waals surface area contributed by atoms with Crippen LogP contribution in [0.4, 0.5) is 10.6 Å². The van der Waals surface area contributed by atoms with E-state index in [0.29, 0.717) is 5.82 Å². The molecule has 0 spiro atoms. The topological polar surface area (TPSA) is 57.3 Å². The van der Waals surface area contributed by atoms with Gasteiger partial charge in [0.1, 0.15) is 5.82 Å². The van der Waals surface area contributed by atoms with E-state index in [1.165, 1.54) is 3.11 Å². The van der Waals surface area contributed by atoms with Crippen LogP contribution in [0.15, 0.2) is 24.4 Å². The third-order valence-corrected chi connectivity index (χ3v) is 3.35. The van der Waals surface area contributed by atoms with Gasteiger partial charge >= 0.3 is 6.03 Å². The van der Waals surface area contributed by atoms with Crippen molar-refractivity contribution in [1.82, 2.24) is 15.6 Å². The Hall–Kier alpha value is -0.890. The summed E-state index contributed by atoms with van der Waals surface area (Å²) in [7, 11) is 0. The molecule has 1 saturated heterocycles. The zero-order valence-corrected chi connectivity index (χ0v) is 10.8. The largest absolute Gasteiger partial charge is 0.333 e. The molecule has 5 nitrogen and oxygen atoms in total. The number of carbonyl (C=O) groups is 1. The average molecular weight is 332 g/mol. The molecule has 0 aliphatic carbocycles. The van der Waals surface area contributed by atoms with Crippen LogP contribution in [0, 0.1) is 0 Å². The molecule has 0 aromatic carbocycles. The molecule has 86 valence electrons. The van der Waals surface area contributed by atoms with Crippen LogP contribution in [0.25, 0.3) is 0 Å². The van der Waals surface area contributed by atoms with Gasteiger partial charge in [-0.1, -0.05) is 6.07 Å². The molecule has 16 heavy (non-hydrogen) atoms. The minimum absolute atomic E-state index is 0.118. The zero-order chi connectivity index (χ0) is 11.4. The van der Waals surface area contributed by atoms with Crippen LogP contribution < -0.4 is 13.7 Å². The lowest BCUT2D eigenvalue weighted by molar-refractivity contribution is 0.247. The number of carbonyl (C=O) groups excluding carboxylic acids is 1. The molecule has 1 atom stereocenters. The van der Waals surface area contributed by atoms with Gasteiger partial charge in [-0.15, -0.1) is 0 Å². The molecule has 1 fully saturated rings. The second-order valence-electron chi connectivity index (χ2n) is 3.61. The molecule has 1 aromatic heterocycles. The van der Waals surface area contributed by atoms with E-state index in [0.717, 1.165) is 19.5 Å². The van der Waals surface area contributed by atoms with Crippen molar-refractivity contribution in [1.29, 1.82) is 0 Å². The van der Waals surface area contributed by atoms with Crippen molar-refractivity contribution in [2.24, 2.45) is 0 Å². The van der Waals surface area contributed by atoms with Gasteiger partial charge in [0.15, 0.2) is 0 Å². The first-order valence-electron chi connectivity index (χ1n) is 5.15. The number of aromatic nitrogens is 1. The average Bonchev–Trinajstić information content (AvgIpc) is 2.82. The van der Waals surface area contributed by atoms with E-state index in [9.17, 15) is 4.79 Å². The number of anilines is 1. The van der Waals surface area contributed by atoms with Gasteiger partial charge in [-0.05, 0) is 25.1 Å².